The molecule has 6 heteroatoms. The Labute approximate surface area is 164 Å². The Balaban J connectivity index is 1.55. The lowest BCUT2D eigenvalue weighted by Gasteiger charge is -2.12. The van der Waals surface area contributed by atoms with Gasteiger partial charge in [-0.1, -0.05) is 18.2 Å². The monoisotopic (exact) mass is 381 g/mol. The number of fused-ring (bicyclic) bond motifs is 1. The average molecular weight is 381 g/mol. The van der Waals surface area contributed by atoms with Gasteiger partial charge in [-0.05, 0) is 55.3 Å². The summed E-state index contributed by atoms with van der Waals surface area (Å²) in [5.41, 5.74) is 2.47. The third-order valence-corrected chi connectivity index (χ3v) is 4.13. The normalized spacial score (nSPS) is 14.2. The maximum Gasteiger partial charge on any atom is 0.331 e. The summed E-state index contributed by atoms with van der Waals surface area (Å²) in [6.45, 7) is 4.68. The van der Waals surface area contributed by atoms with Crippen LogP contribution in [0.5, 0.6) is 11.5 Å². The van der Waals surface area contributed by atoms with Gasteiger partial charge in [-0.2, -0.15) is 0 Å². The Morgan fingerprint density at radius 3 is 2.68 bits per heavy atom. The minimum atomic E-state index is -0.915. The number of amides is 1. The molecule has 0 unspecified atom stereocenters. The van der Waals surface area contributed by atoms with E-state index in [9.17, 15) is 9.59 Å². The number of benzene rings is 2. The fraction of sp³-hybridized carbons (Fsp3) is 0.273. The van der Waals surface area contributed by atoms with Crippen molar-refractivity contribution in [2.75, 3.05) is 18.5 Å². The first-order valence-corrected chi connectivity index (χ1v) is 9.17. The smallest absolute Gasteiger partial charge is 0.331 e. The second-order valence-corrected chi connectivity index (χ2v) is 6.53. The number of ether oxygens (including phenoxy) is 3. The zero-order valence-electron chi connectivity index (χ0n) is 15.9. The summed E-state index contributed by atoms with van der Waals surface area (Å²) in [5, 5.41) is 2.73. The number of esters is 1. The van der Waals surface area contributed by atoms with Crippen molar-refractivity contribution in [3.63, 3.8) is 0 Å². The van der Waals surface area contributed by atoms with Crippen molar-refractivity contribution in [1.82, 2.24) is 0 Å². The quantitative estimate of drug-likeness (QED) is 0.631. The van der Waals surface area contributed by atoms with Gasteiger partial charge in [-0.3, -0.25) is 4.79 Å². The van der Waals surface area contributed by atoms with Crippen LogP contribution in [0.4, 0.5) is 5.69 Å². The molecule has 1 aliphatic rings. The Hall–Kier alpha value is -3.28. The summed E-state index contributed by atoms with van der Waals surface area (Å²) in [6.07, 6.45) is 2.81. The summed E-state index contributed by atoms with van der Waals surface area (Å²) in [7, 11) is 0. The molecule has 146 valence electrons. The summed E-state index contributed by atoms with van der Waals surface area (Å²) < 4.78 is 16.4. The molecule has 0 radical (unpaired) electrons. The number of hydrogen-bond donors (Lipinski definition) is 1. The number of nitrogens with one attached hydrogen (secondary N) is 1. The zero-order chi connectivity index (χ0) is 19.9. The van der Waals surface area contributed by atoms with E-state index in [0.29, 0.717) is 30.4 Å². The standard InChI is InChI=1S/C22H23NO5/c1-15-5-3-6-18(13-15)23-22(25)16(2)28-21(24)10-8-17-7-9-19-20(14-17)27-12-4-11-26-19/h3,5-10,13-14,16H,4,11-12H2,1-2H3,(H,23,25)/b10-8+/t16-/m0/s1. The Bertz CT molecular complexity index is 890. The molecule has 1 N–H and O–H groups in total. The lowest BCUT2D eigenvalue weighted by Crippen LogP contribution is -2.29. The van der Waals surface area contributed by atoms with Gasteiger partial charge in [0.1, 0.15) is 0 Å². The van der Waals surface area contributed by atoms with Gasteiger partial charge in [-0.15, -0.1) is 0 Å². The lowest BCUT2D eigenvalue weighted by atomic mass is 10.2. The van der Waals surface area contributed by atoms with Crippen LogP contribution < -0.4 is 14.8 Å². The second-order valence-electron chi connectivity index (χ2n) is 6.53. The highest BCUT2D eigenvalue weighted by Crippen LogP contribution is 2.30. The van der Waals surface area contributed by atoms with E-state index >= 15 is 0 Å². The molecule has 0 saturated heterocycles. The predicted octanol–water partition coefficient (Wildman–Crippen LogP) is 3.74. The number of aryl methyl sites for hydroxylation is 1. The van der Waals surface area contributed by atoms with Gasteiger partial charge in [0.25, 0.3) is 5.91 Å². The first kappa shape index (κ1) is 19.5. The minimum absolute atomic E-state index is 0.386. The Morgan fingerprint density at radius 1 is 1.11 bits per heavy atom. The maximum atomic E-state index is 12.2. The largest absolute Gasteiger partial charge is 0.490 e. The van der Waals surface area contributed by atoms with Crippen molar-refractivity contribution < 1.29 is 23.8 Å². The molecule has 0 aromatic heterocycles. The molecule has 0 bridgehead atoms. The van der Waals surface area contributed by atoms with Crippen molar-refractivity contribution >= 4 is 23.6 Å². The van der Waals surface area contributed by atoms with Crippen molar-refractivity contribution in [3.8, 4) is 11.5 Å². The number of rotatable bonds is 5. The number of carbonyl (C=O) groups excluding carboxylic acids is 2. The molecule has 2 aromatic rings. The topological polar surface area (TPSA) is 73.9 Å². The van der Waals surface area contributed by atoms with Gasteiger partial charge >= 0.3 is 5.97 Å². The molecule has 1 aliphatic heterocycles. The second kappa shape index (κ2) is 9.08. The Kier molecular flexibility index (Phi) is 6.32. The molecule has 1 heterocycles. The Morgan fingerprint density at radius 2 is 1.89 bits per heavy atom. The first-order chi connectivity index (χ1) is 13.5. The fourth-order valence-corrected chi connectivity index (χ4v) is 2.68. The van der Waals surface area contributed by atoms with Gasteiger partial charge in [0, 0.05) is 18.2 Å². The van der Waals surface area contributed by atoms with Gasteiger partial charge in [-0.25, -0.2) is 4.79 Å². The van der Waals surface area contributed by atoms with E-state index in [0.717, 1.165) is 17.5 Å². The van der Waals surface area contributed by atoms with Gasteiger partial charge in [0.2, 0.25) is 0 Å². The molecule has 0 saturated carbocycles. The molecule has 28 heavy (non-hydrogen) atoms. The number of hydrogen-bond acceptors (Lipinski definition) is 5. The van der Waals surface area contributed by atoms with Crippen molar-refractivity contribution in [2.45, 2.75) is 26.4 Å². The van der Waals surface area contributed by atoms with Crippen molar-refractivity contribution in [3.05, 3.63) is 59.7 Å². The van der Waals surface area contributed by atoms with Crippen molar-refractivity contribution in [1.29, 1.82) is 0 Å². The molecule has 2 aromatic carbocycles. The highest BCUT2D eigenvalue weighted by atomic mass is 16.5. The molecule has 1 atom stereocenters. The number of anilines is 1. The third-order valence-electron chi connectivity index (χ3n) is 4.13. The van der Waals surface area contributed by atoms with Crippen molar-refractivity contribution in [2.24, 2.45) is 0 Å². The molecule has 0 aliphatic carbocycles. The van der Waals surface area contributed by atoms with Crippen LogP contribution in [0.15, 0.2) is 48.5 Å². The minimum Gasteiger partial charge on any atom is -0.490 e. The molecule has 0 spiro atoms. The number of carbonyl (C=O) groups is 2. The van der Waals surface area contributed by atoms with E-state index in [-0.39, 0.29) is 5.91 Å². The van der Waals surface area contributed by atoms with E-state index in [4.69, 9.17) is 14.2 Å². The third kappa shape index (κ3) is 5.36. The van der Waals surface area contributed by atoms with E-state index < -0.39 is 12.1 Å². The molecular formula is C22H23NO5. The summed E-state index contributed by atoms with van der Waals surface area (Å²) in [6, 6.07) is 12.8. The van der Waals surface area contributed by atoms with Crippen LogP contribution in [0.3, 0.4) is 0 Å². The highest BCUT2D eigenvalue weighted by molar-refractivity contribution is 5.96. The first-order valence-electron chi connectivity index (χ1n) is 9.17. The van der Waals surface area contributed by atoms with E-state index in [1.807, 2.05) is 37.3 Å². The SMILES string of the molecule is Cc1cccc(NC(=O)[C@H](C)OC(=O)/C=C/c2ccc3c(c2)OCCCO3)c1. The molecular weight excluding hydrogens is 358 g/mol. The van der Waals surface area contributed by atoms with Crippen LogP contribution in [-0.4, -0.2) is 31.2 Å². The van der Waals surface area contributed by atoms with Crippen LogP contribution in [0.2, 0.25) is 0 Å². The molecule has 1 amide bonds. The molecule has 6 nitrogen and oxygen atoms in total. The van der Waals surface area contributed by atoms with Crippen LogP contribution in [0.25, 0.3) is 6.08 Å². The van der Waals surface area contributed by atoms with E-state index in [1.165, 1.54) is 13.0 Å². The lowest BCUT2D eigenvalue weighted by molar-refractivity contribution is -0.148. The van der Waals surface area contributed by atoms with Crippen LogP contribution in [0.1, 0.15) is 24.5 Å². The van der Waals surface area contributed by atoms with Gasteiger partial charge in [0.05, 0.1) is 13.2 Å². The van der Waals surface area contributed by atoms with E-state index in [2.05, 4.69) is 5.32 Å². The maximum absolute atomic E-state index is 12.2. The average Bonchev–Trinajstić information content (AvgIpc) is 2.91. The van der Waals surface area contributed by atoms with Crippen LogP contribution in [0, 0.1) is 6.92 Å². The summed E-state index contributed by atoms with van der Waals surface area (Å²) in [5.74, 6) is 0.361. The molecule has 3 rings (SSSR count). The highest BCUT2D eigenvalue weighted by Gasteiger charge is 2.17. The summed E-state index contributed by atoms with van der Waals surface area (Å²) in [4.78, 5) is 24.2. The zero-order valence-corrected chi connectivity index (χ0v) is 15.9. The predicted molar refractivity (Wildman–Crippen MR) is 106 cm³/mol. The molecule has 0 fully saturated rings. The van der Waals surface area contributed by atoms with Crippen LogP contribution >= 0.6 is 0 Å². The fourth-order valence-electron chi connectivity index (χ4n) is 2.68. The summed E-state index contributed by atoms with van der Waals surface area (Å²) >= 11 is 0. The van der Waals surface area contributed by atoms with Gasteiger partial charge < -0.3 is 19.5 Å². The van der Waals surface area contributed by atoms with Crippen LogP contribution in [-0.2, 0) is 14.3 Å². The van der Waals surface area contributed by atoms with Gasteiger partial charge in [0.15, 0.2) is 17.6 Å². The van der Waals surface area contributed by atoms with E-state index in [1.54, 1.807) is 18.2 Å².